The van der Waals surface area contributed by atoms with Crippen LogP contribution in [0.3, 0.4) is 0 Å². The Balaban J connectivity index is 1.67. The van der Waals surface area contributed by atoms with Crippen molar-refractivity contribution in [3.05, 3.63) is 24.4 Å². The lowest BCUT2D eigenvalue weighted by Gasteiger charge is -2.31. The highest BCUT2D eigenvalue weighted by molar-refractivity contribution is 5.90. The minimum atomic E-state index is -4.05. The van der Waals surface area contributed by atoms with Crippen LogP contribution in [0.15, 0.2) is 24.4 Å². The smallest absolute Gasteiger partial charge is 0.382 e. The topological polar surface area (TPSA) is 40.7 Å². The molecular weight excluding hydrogens is 267 g/mol. The zero-order valence-electron chi connectivity index (χ0n) is 10.9. The van der Waals surface area contributed by atoms with Crippen LogP contribution in [0, 0.1) is 5.92 Å². The van der Waals surface area contributed by atoms with Gasteiger partial charge in [0.15, 0.2) is 0 Å². The number of rotatable bonds is 2. The van der Waals surface area contributed by atoms with Crippen LogP contribution in [0.1, 0.15) is 25.7 Å². The number of benzene rings is 1. The number of nitrogens with zero attached hydrogens (tertiary/aromatic N) is 1. The quantitative estimate of drug-likeness (QED) is 0.871. The molecule has 1 aromatic heterocycles. The molecule has 3 nitrogen and oxygen atoms in total. The molecular formula is C14H16F3N3. The van der Waals surface area contributed by atoms with E-state index in [9.17, 15) is 13.2 Å². The predicted octanol–water partition coefficient (Wildman–Crippen LogP) is 4.10. The fraction of sp³-hybridized carbons (Fsp3) is 0.500. The third-order valence-corrected chi connectivity index (χ3v) is 4.03. The van der Waals surface area contributed by atoms with Crippen molar-refractivity contribution in [3.63, 3.8) is 0 Å². The van der Waals surface area contributed by atoms with E-state index in [1.165, 1.54) is 0 Å². The van der Waals surface area contributed by atoms with Gasteiger partial charge in [-0.15, -0.1) is 0 Å². The maximum Gasteiger partial charge on any atom is 0.391 e. The van der Waals surface area contributed by atoms with Crippen LogP contribution in [0.25, 0.3) is 10.9 Å². The molecule has 0 spiro atoms. The number of anilines is 1. The number of fused-ring (bicyclic) bond motifs is 1. The Morgan fingerprint density at radius 3 is 2.60 bits per heavy atom. The molecule has 0 amide bonds. The van der Waals surface area contributed by atoms with Gasteiger partial charge in [-0.1, -0.05) is 6.07 Å². The predicted molar refractivity (Wildman–Crippen MR) is 71.5 cm³/mol. The molecule has 0 aliphatic heterocycles. The first kappa shape index (κ1) is 13.3. The maximum atomic E-state index is 12.6. The number of hydrogen-bond donors (Lipinski definition) is 2. The first-order valence-electron chi connectivity index (χ1n) is 6.79. The van der Waals surface area contributed by atoms with Crippen molar-refractivity contribution in [2.75, 3.05) is 5.32 Å². The lowest BCUT2D eigenvalue weighted by molar-refractivity contribution is -0.182. The van der Waals surface area contributed by atoms with E-state index in [1.807, 2.05) is 18.2 Å². The first-order chi connectivity index (χ1) is 9.54. The van der Waals surface area contributed by atoms with Crippen molar-refractivity contribution >= 4 is 16.6 Å². The molecule has 2 N–H and O–H groups in total. The van der Waals surface area contributed by atoms with Gasteiger partial charge in [-0.3, -0.25) is 5.10 Å². The van der Waals surface area contributed by atoms with E-state index in [0.29, 0.717) is 12.8 Å². The monoisotopic (exact) mass is 283 g/mol. The Labute approximate surface area is 114 Å². The molecule has 0 unspecified atom stereocenters. The highest BCUT2D eigenvalue weighted by atomic mass is 19.4. The number of alkyl halides is 3. The van der Waals surface area contributed by atoms with Gasteiger partial charge in [0.25, 0.3) is 0 Å². The van der Waals surface area contributed by atoms with Crippen LogP contribution in [0.4, 0.5) is 18.9 Å². The molecule has 1 heterocycles. The van der Waals surface area contributed by atoms with Gasteiger partial charge in [0.1, 0.15) is 0 Å². The van der Waals surface area contributed by atoms with Crippen LogP contribution in [0.2, 0.25) is 0 Å². The Morgan fingerprint density at radius 2 is 1.90 bits per heavy atom. The summed E-state index contributed by atoms with van der Waals surface area (Å²) < 4.78 is 37.9. The van der Waals surface area contributed by atoms with Gasteiger partial charge in [-0.2, -0.15) is 18.3 Å². The van der Waals surface area contributed by atoms with E-state index < -0.39 is 12.1 Å². The van der Waals surface area contributed by atoms with Crippen LogP contribution in [-0.2, 0) is 0 Å². The average Bonchev–Trinajstić information content (AvgIpc) is 2.88. The van der Waals surface area contributed by atoms with Crippen molar-refractivity contribution in [2.45, 2.75) is 37.9 Å². The molecule has 1 saturated carbocycles. The highest BCUT2D eigenvalue weighted by Crippen LogP contribution is 2.38. The van der Waals surface area contributed by atoms with Crippen molar-refractivity contribution < 1.29 is 13.2 Å². The Kier molecular flexibility index (Phi) is 3.31. The van der Waals surface area contributed by atoms with Gasteiger partial charge >= 0.3 is 6.18 Å². The van der Waals surface area contributed by atoms with Gasteiger partial charge in [0.2, 0.25) is 0 Å². The summed E-state index contributed by atoms with van der Waals surface area (Å²) >= 11 is 0. The zero-order chi connectivity index (χ0) is 14.2. The first-order valence-corrected chi connectivity index (χ1v) is 6.79. The molecule has 3 rings (SSSR count). The van der Waals surface area contributed by atoms with Gasteiger partial charge < -0.3 is 5.32 Å². The Morgan fingerprint density at radius 1 is 1.15 bits per heavy atom. The Hall–Kier alpha value is -1.72. The summed E-state index contributed by atoms with van der Waals surface area (Å²) in [5.41, 5.74) is 1.87. The summed E-state index contributed by atoms with van der Waals surface area (Å²) in [6.45, 7) is 0. The minimum Gasteiger partial charge on any atom is -0.382 e. The van der Waals surface area contributed by atoms with Crippen molar-refractivity contribution in [1.82, 2.24) is 10.2 Å². The van der Waals surface area contributed by atoms with Crippen molar-refractivity contribution in [2.24, 2.45) is 5.92 Å². The van der Waals surface area contributed by atoms with Crippen LogP contribution in [0.5, 0.6) is 0 Å². The molecule has 1 aliphatic rings. The molecule has 1 aliphatic carbocycles. The number of aromatic nitrogens is 2. The summed E-state index contributed by atoms with van der Waals surface area (Å²) in [4.78, 5) is 0. The molecule has 0 atom stereocenters. The van der Waals surface area contributed by atoms with Crippen molar-refractivity contribution in [3.8, 4) is 0 Å². The minimum absolute atomic E-state index is 0.106. The molecule has 20 heavy (non-hydrogen) atoms. The van der Waals surface area contributed by atoms with Gasteiger partial charge in [0, 0.05) is 17.1 Å². The van der Waals surface area contributed by atoms with E-state index in [1.54, 1.807) is 6.20 Å². The summed E-state index contributed by atoms with van der Waals surface area (Å²) in [6, 6.07) is 5.88. The lowest BCUT2D eigenvalue weighted by atomic mass is 9.85. The van der Waals surface area contributed by atoms with E-state index in [0.717, 1.165) is 16.6 Å². The fourth-order valence-corrected chi connectivity index (χ4v) is 2.88. The number of halogens is 3. The van der Waals surface area contributed by atoms with E-state index in [4.69, 9.17) is 0 Å². The normalized spacial score (nSPS) is 23.9. The van der Waals surface area contributed by atoms with Crippen LogP contribution in [-0.4, -0.2) is 22.4 Å². The van der Waals surface area contributed by atoms with Gasteiger partial charge in [-0.25, -0.2) is 0 Å². The van der Waals surface area contributed by atoms with E-state index in [-0.39, 0.29) is 18.9 Å². The second kappa shape index (κ2) is 5.00. The van der Waals surface area contributed by atoms with Gasteiger partial charge in [0.05, 0.1) is 17.6 Å². The summed E-state index contributed by atoms with van der Waals surface area (Å²) in [5, 5.41) is 11.2. The summed E-state index contributed by atoms with van der Waals surface area (Å²) in [6.07, 6.45) is -0.781. The second-order valence-corrected chi connectivity index (χ2v) is 5.37. The summed E-state index contributed by atoms with van der Waals surface area (Å²) in [5.74, 6) is -1.13. The molecule has 6 heteroatoms. The molecule has 0 saturated heterocycles. The lowest BCUT2D eigenvalue weighted by Crippen LogP contribution is -2.32. The Bertz CT molecular complexity index is 583. The van der Waals surface area contributed by atoms with Crippen LogP contribution >= 0.6 is 0 Å². The average molecular weight is 283 g/mol. The number of hydrogen-bond acceptors (Lipinski definition) is 2. The van der Waals surface area contributed by atoms with Gasteiger partial charge in [-0.05, 0) is 37.8 Å². The molecule has 0 bridgehead atoms. The molecule has 1 aromatic carbocycles. The maximum absolute atomic E-state index is 12.6. The SMILES string of the molecule is FC(F)(F)C1CCC(Nc2cccc3[nH]ncc23)CC1. The van der Waals surface area contributed by atoms with E-state index >= 15 is 0 Å². The standard InChI is InChI=1S/C14H16F3N3/c15-14(16,17)9-4-6-10(7-5-9)19-12-2-1-3-13-11(12)8-18-20-13/h1-3,8-10,19H,4-7H2,(H,18,20). The molecule has 2 aromatic rings. The molecule has 1 fully saturated rings. The molecule has 108 valence electrons. The van der Waals surface area contributed by atoms with E-state index in [2.05, 4.69) is 15.5 Å². The number of nitrogens with one attached hydrogen (secondary N) is 2. The third-order valence-electron chi connectivity index (χ3n) is 4.03. The zero-order valence-corrected chi connectivity index (χ0v) is 10.9. The third kappa shape index (κ3) is 2.59. The largest absolute Gasteiger partial charge is 0.391 e. The highest BCUT2D eigenvalue weighted by Gasteiger charge is 2.41. The second-order valence-electron chi connectivity index (χ2n) is 5.37. The van der Waals surface area contributed by atoms with Crippen LogP contribution < -0.4 is 5.32 Å². The molecule has 0 radical (unpaired) electrons. The summed E-state index contributed by atoms with van der Waals surface area (Å²) in [7, 11) is 0. The number of H-pyrrole nitrogens is 1. The fourth-order valence-electron chi connectivity index (χ4n) is 2.88. The number of aromatic amines is 1. The van der Waals surface area contributed by atoms with Crippen molar-refractivity contribution in [1.29, 1.82) is 0 Å².